The van der Waals surface area contributed by atoms with Crippen molar-refractivity contribution in [2.45, 2.75) is 25.7 Å². The number of allylic oxidation sites excluding steroid dienone is 1. The third-order valence-electron chi connectivity index (χ3n) is 2.34. The van der Waals surface area contributed by atoms with E-state index in [0.717, 1.165) is 0 Å². The fraction of sp³-hybridized carbons (Fsp3) is 0.385. The van der Waals surface area contributed by atoms with E-state index in [9.17, 15) is 0 Å². The zero-order chi connectivity index (χ0) is 10.8. The van der Waals surface area contributed by atoms with E-state index in [-0.39, 0.29) is 5.41 Å². The fourth-order valence-corrected chi connectivity index (χ4v) is 1.63. The summed E-state index contributed by atoms with van der Waals surface area (Å²) in [7, 11) is 0. The molecule has 0 aliphatic heterocycles. The summed E-state index contributed by atoms with van der Waals surface area (Å²) in [4.78, 5) is 1.30. The Kier molecular flexibility index (Phi) is 3.43. The highest BCUT2D eigenvalue weighted by Gasteiger charge is 2.15. The molecule has 0 aliphatic rings. The van der Waals surface area contributed by atoms with Crippen molar-refractivity contribution in [1.82, 2.24) is 0 Å². The zero-order valence-corrected chi connectivity index (χ0v) is 10.2. The van der Waals surface area contributed by atoms with Crippen LogP contribution in [0.25, 0.3) is 5.57 Å². The van der Waals surface area contributed by atoms with Crippen LogP contribution in [0.5, 0.6) is 0 Å². The molecular formula is C13H18S. The lowest BCUT2D eigenvalue weighted by atomic mass is 9.83. The first-order chi connectivity index (χ1) is 6.45. The maximum Gasteiger partial charge on any atom is 0.00695 e. The summed E-state index contributed by atoms with van der Waals surface area (Å²) in [5, 5.41) is 0. The summed E-state index contributed by atoms with van der Waals surface area (Å²) >= 11 is 1.77. The van der Waals surface area contributed by atoms with Crippen LogP contribution in [0, 0.1) is 5.41 Å². The molecule has 0 atom stereocenters. The minimum atomic E-state index is 0.154. The number of benzene rings is 1. The lowest BCUT2D eigenvalue weighted by Crippen LogP contribution is -2.06. The summed E-state index contributed by atoms with van der Waals surface area (Å²) in [6, 6.07) is 8.60. The number of rotatable bonds is 2. The molecule has 76 valence electrons. The molecule has 0 radical (unpaired) electrons. The molecule has 0 nitrogen and oxygen atoms in total. The summed E-state index contributed by atoms with van der Waals surface area (Å²) < 4.78 is 0. The smallest absolute Gasteiger partial charge is 0.00695 e. The molecule has 0 heterocycles. The van der Waals surface area contributed by atoms with Gasteiger partial charge in [0.05, 0.1) is 0 Å². The van der Waals surface area contributed by atoms with E-state index < -0.39 is 0 Å². The first-order valence-electron chi connectivity index (χ1n) is 4.79. The van der Waals surface area contributed by atoms with Crippen LogP contribution in [-0.4, -0.2) is 6.26 Å². The van der Waals surface area contributed by atoms with Gasteiger partial charge in [-0.3, -0.25) is 0 Å². The molecule has 0 unspecified atom stereocenters. The van der Waals surface area contributed by atoms with Crippen LogP contribution in [0.2, 0.25) is 0 Å². The Morgan fingerprint density at radius 3 is 2.00 bits per heavy atom. The maximum absolute atomic E-state index is 4.14. The van der Waals surface area contributed by atoms with Gasteiger partial charge in [0.15, 0.2) is 0 Å². The minimum Gasteiger partial charge on any atom is -0.130 e. The van der Waals surface area contributed by atoms with Crippen LogP contribution in [-0.2, 0) is 0 Å². The molecule has 0 amide bonds. The first-order valence-corrected chi connectivity index (χ1v) is 6.01. The monoisotopic (exact) mass is 206 g/mol. The van der Waals surface area contributed by atoms with Gasteiger partial charge >= 0.3 is 0 Å². The number of hydrogen-bond acceptors (Lipinski definition) is 1. The summed E-state index contributed by atoms with van der Waals surface area (Å²) in [5.41, 5.74) is 2.60. The van der Waals surface area contributed by atoms with Gasteiger partial charge in [0.2, 0.25) is 0 Å². The summed E-state index contributed by atoms with van der Waals surface area (Å²) in [6.07, 6.45) is 2.09. The quantitative estimate of drug-likeness (QED) is 0.643. The van der Waals surface area contributed by atoms with Gasteiger partial charge in [0, 0.05) is 4.90 Å². The molecule has 1 rings (SSSR count). The predicted molar refractivity (Wildman–Crippen MR) is 66.7 cm³/mol. The second-order valence-electron chi connectivity index (χ2n) is 4.46. The van der Waals surface area contributed by atoms with Crippen LogP contribution in [0.3, 0.4) is 0 Å². The minimum absolute atomic E-state index is 0.154. The molecule has 0 spiro atoms. The van der Waals surface area contributed by atoms with Crippen molar-refractivity contribution < 1.29 is 0 Å². The standard InChI is InChI=1S/C13H18S/c1-10(13(2,3)4)11-6-8-12(14-5)9-7-11/h6-9H,1H2,2-5H3. The highest BCUT2D eigenvalue weighted by Crippen LogP contribution is 2.32. The highest BCUT2D eigenvalue weighted by atomic mass is 32.2. The topological polar surface area (TPSA) is 0 Å². The van der Waals surface area contributed by atoms with Gasteiger partial charge < -0.3 is 0 Å². The third kappa shape index (κ3) is 2.65. The summed E-state index contributed by atoms with van der Waals surface area (Å²) in [5.74, 6) is 0. The molecule has 1 aromatic rings. The molecule has 0 saturated heterocycles. The van der Waals surface area contributed by atoms with Gasteiger partial charge in [-0.15, -0.1) is 11.8 Å². The van der Waals surface area contributed by atoms with Crippen molar-refractivity contribution in [3.05, 3.63) is 36.4 Å². The lowest BCUT2D eigenvalue weighted by Gasteiger charge is -2.22. The van der Waals surface area contributed by atoms with Crippen molar-refractivity contribution >= 4 is 17.3 Å². The van der Waals surface area contributed by atoms with Gasteiger partial charge in [-0.2, -0.15) is 0 Å². The Labute approximate surface area is 91.4 Å². The fourth-order valence-electron chi connectivity index (χ4n) is 1.23. The lowest BCUT2D eigenvalue weighted by molar-refractivity contribution is 0.568. The van der Waals surface area contributed by atoms with Gasteiger partial charge in [0.25, 0.3) is 0 Å². The molecule has 1 aromatic carbocycles. The summed E-state index contributed by atoms with van der Waals surface area (Å²) in [6.45, 7) is 10.7. The van der Waals surface area contributed by atoms with Crippen LogP contribution in [0.15, 0.2) is 35.7 Å². The molecule has 0 bridgehead atoms. The maximum atomic E-state index is 4.14. The largest absolute Gasteiger partial charge is 0.130 e. The SMILES string of the molecule is C=C(c1ccc(SC)cc1)C(C)(C)C. The Morgan fingerprint density at radius 2 is 1.64 bits per heavy atom. The van der Waals surface area contributed by atoms with Crippen molar-refractivity contribution in [2.75, 3.05) is 6.26 Å². The van der Waals surface area contributed by atoms with Crippen LogP contribution in [0.4, 0.5) is 0 Å². The molecule has 0 N–H and O–H groups in total. The predicted octanol–water partition coefficient (Wildman–Crippen LogP) is 4.47. The van der Waals surface area contributed by atoms with E-state index in [0.29, 0.717) is 0 Å². The normalized spacial score (nSPS) is 11.4. The number of hydrogen-bond donors (Lipinski definition) is 0. The third-order valence-corrected chi connectivity index (χ3v) is 3.09. The Hall–Kier alpha value is -0.690. The average molecular weight is 206 g/mol. The molecule has 0 aliphatic carbocycles. The van der Waals surface area contributed by atoms with Gasteiger partial charge in [-0.25, -0.2) is 0 Å². The van der Waals surface area contributed by atoms with E-state index in [1.54, 1.807) is 11.8 Å². The average Bonchev–Trinajstić information content (AvgIpc) is 2.15. The van der Waals surface area contributed by atoms with E-state index in [1.807, 2.05) is 0 Å². The van der Waals surface area contributed by atoms with E-state index in [2.05, 4.69) is 57.9 Å². The van der Waals surface area contributed by atoms with E-state index in [4.69, 9.17) is 0 Å². The molecular weight excluding hydrogens is 188 g/mol. The van der Waals surface area contributed by atoms with Gasteiger partial charge in [-0.1, -0.05) is 39.5 Å². The molecule has 14 heavy (non-hydrogen) atoms. The van der Waals surface area contributed by atoms with Crippen molar-refractivity contribution in [3.8, 4) is 0 Å². The van der Waals surface area contributed by atoms with Crippen LogP contribution < -0.4 is 0 Å². The Bertz CT molecular complexity index is 314. The van der Waals surface area contributed by atoms with Crippen LogP contribution >= 0.6 is 11.8 Å². The highest BCUT2D eigenvalue weighted by molar-refractivity contribution is 7.98. The van der Waals surface area contributed by atoms with Crippen LogP contribution in [0.1, 0.15) is 26.3 Å². The van der Waals surface area contributed by atoms with E-state index >= 15 is 0 Å². The Balaban J connectivity index is 2.93. The first kappa shape index (κ1) is 11.4. The molecule has 1 heteroatoms. The Morgan fingerprint density at radius 1 is 1.14 bits per heavy atom. The molecule has 0 saturated carbocycles. The van der Waals surface area contributed by atoms with Crippen molar-refractivity contribution in [2.24, 2.45) is 5.41 Å². The van der Waals surface area contributed by atoms with Gasteiger partial charge in [0.1, 0.15) is 0 Å². The van der Waals surface area contributed by atoms with Crippen molar-refractivity contribution in [3.63, 3.8) is 0 Å². The number of thioether (sulfide) groups is 1. The molecule has 0 fully saturated rings. The van der Waals surface area contributed by atoms with Gasteiger partial charge in [-0.05, 0) is 34.9 Å². The van der Waals surface area contributed by atoms with Crippen molar-refractivity contribution in [1.29, 1.82) is 0 Å². The van der Waals surface area contributed by atoms with E-state index in [1.165, 1.54) is 16.0 Å². The second-order valence-corrected chi connectivity index (χ2v) is 5.34. The zero-order valence-electron chi connectivity index (χ0n) is 9.42. The second kappa shape index (κ2) is 4.22. The molecule has 0 aromatic heterocycles.